The number of unbranched alkanes of at least 4 members (excludes halogenated alkanes) is 1. The van der Waals surface area contributed by atoms with Crippen molar-refractivity contribution in [2.24, 2.45) is 0 Å². The summed E-state index contributed by atoms with van der Waals surface area (Å²) in [6.45, 7) is 7.19. The molecule has 0 heterocycles. The fraction of sp³-hybridized carbons (Fsp3) is 1.00. The van der Waals surface area contributed by atoms with E-state index in [-0.39, 0.29) is 12.1 Å². The van der Waals surface area contributed by atoms with Crippen LogP contribution < -0.4 is 5.32 Å². The maximum atomic E-state index is 13.2. The van der Waals surface area contributed by atoms with Crippen molar-refractivity contribution in [3.63, 3.8) is 0 Å². The second-order valence-electron chi connectivity index (χ2n) is 4.87. The van der Waals surface area contributed by atoms with E-state index in [4.69, 9.17) is 4.74 Å². The third-order valence-electron chi connectivity index (χ3n) is 1.83. The Kier molecular flexibility index (Phi) is 6.29. The van der Waals surface area contributed by atoms with E-state index in [2.05, 4.69) is 5.32 Å². The molecule has 0 aliphatic rings. The molecule has 0 aliphatic carbocycles. The van der Waals surface area contributed by atoms with Gasteiger partial charge in [0.25, 0.3) is 5.92 Å². The van der Waals surface area contributed by atoms with Crippen LogP contribution in [0, 0.1) is 0 Å². The van der Waals surface area contributed by atoms with Gasteiger partial charge in [-0.3, -0.25) is 0 Å². The summed E-state index contributed by atoms with van der Waals surface area (Å²) in [6, 6.07) is 0. The van der Waals surface area contributed by atoms with Gasteiger partial charge < -0.3 is 10.1 Å². The van der Waals surface area contributed by atoms with Gasteiger partial charge in [0.1, 0.15) is 6.61 Å². The smallest absolute Gasteiger partial charge is 0.283 e. The van der Waals surface area contributed by atoms with Crippen molar-refractivity contribution >= 4 is 0 Å². The Morgan fingerprint density at radius 1 is 1.20 bits per heavy atom. The molecular formula is C11H23F2NO. The first kappa shape index (κ1) is 14.8. The molecule has 0 saturated carbocycles. The summed E-state index contributed by atoms with van der Waals surface area (Å²) >= 11 is 0. The summed E-state index contributed by atoms with van der Waals surface area (Å²) in [5.41, 5.74) is -0.285. The molecule has 0 radical (unpaired) electrons. The highest BCUT2D eigenvalue weighted by Gasteiger charge is 2.30. The van der Waals surface area contributed by atoms with E-state index in [0.717, 1.165) is 12.8 Å². The number of hydrogen-bond donors (Lipinski definition) is 1. The molecular weight excluding hydrogens is 200 g/mol. The lowest BCUT2D eigenvalue weighted by Gasteiger charge is -2.25. The van der Waals surface area contributed by atoms with Crippen LogP contribution >= 0.6 is 0 Å². The Labute approximate surface area is 91.4 Å². The maximum absolute atomic E-state index is 13.2. The van der Waals surface area contributed by atoms with Crippen LogP contribution in [0.25, 0.3) is 0 Å². The molecule has 0 unspecified atom stereocenters. The van der Waals surface area contributed by atoms with E-state index in [0.29, 0.717) is 6.61 Å². The molecule has 0 aliphatic heterocycles. The van der Waals surface area contributed by atoms with Crippen LogP contribution in [0.2, 0.25) is 0 Å². The van der Waals surface area contributed by atoms with Crippen molar-refractivity contribution in [1.29, 1.82) is 0 Å². The summed E-state index contributed by atoms with van der Waals surface area (Å²) in [5.74, 6) is -2.78. The molecule has 0 rings (SSSR count). The Hall–Kier alpha value is -0.220. The SMILES string of the molecule is CCCCOCC(F)(F)CNC(C)(C)C. The van der Waals surface area contributed by atoms with Gasteiger partial charge in [-0.25, -0.2) is 8.78 Å². The summed E-state index contributed by atoms with van der Waals surface area (Å²) < 4.78 is 31.3. The van der Waals surface area contributed by atoms with Crippen LogP contribution in [0.3, 0.4) is 0 Å². The van der Waals surface area contributed by atoms with Crippen molar-refractivity contribution in [2.75, 3.05) is 19.8 Å². The van der Waals surface area contributed by atoms with E-state index in [1.807, 2.05) is 27.7 Å². The summed E-state index contributed by atoms with van der Waals surface area (Å²) in [6.07, 6.45) is 1.80. The molecule has 15 heavy (non-hydrogen) atoms. The lowest BCUT2D eigenvalue weighted by molar-refractivity contribution is -0.0778. The quantitative estimate of drug-likeness (QED) is 0.670. The Bertz CT molecular complexity index is 166. The first-order valence-electron chi connectivity index (χ1n) is 5.47. The van der Waals surface area contributed by atoms with Crippen molar-refractivity contribution in [1.82, 2.24) is 5.32 Å². The van der Waals surface area contributed by atoms with E-state index >= 15 is 0 Å². The Balaban J connectivity index is 3.67. The average Bonchev–Trinajstić information content (AvgIpc) is 2.09. The molecule has 0 aromatic heterocycles. The molecule has 0 spiro atoms. The van der Waals surface area contributed by atoms with Crippen LogP contribution in [-0.2, 0) is 4.74 Å². The predicted octanol–water partition coefficient (Wildman–Crippen LogP) is 2.83. The standard InChI is InChI=1S/C11H23F2NO/c1-5-6-7-15-9-11(12,13)8-14-10(2,3)4/h14H,5-9H2,1-4H3. The van der Waals surface area contributed by atoms with Crippen LogP contribution in [0.4, 0.5) is 8.78 Å². The second-order valence-corrected chi connectivity index (χ2v) is 4.87. The molecule has 0 atom stereocenters. The van der Waals surface area contributed by atoms with E-state index in [1.54, 1.807) is 0 Å². The maximum Gasteiger partial charge on any atom is 0.283 e. The van der Waals surface area contributed by atoms with Gasteiger partial charge in [0.05, 0.1) is 6.54 Å². The van der Waals surface area contributed by atoms with Crippen LogP contribution in [0.5, 0.6) is 0 Å². The lowest BCUT2D eigenvalue weighted by Crippen LogP contribution is -2.45. The number of halogens is 2. The fourth-order valence-corrected chi connectivity index (χ4v) is 0.913. The minimum atomic E-state index is -2.78. The van der Waals surface area contributed by atoms with Crippen molar-refractivity contribution in [3.8, 4) is 0 Å². The van der Waals surface area contributed by atoms with E-state index in [9.17, 15) is 8.78 Å². The highest BCUT2D eigenvalue weighted by molar-refractivity contribution is 4.76. The zero-order valence-corrected chi connectivity index (χ0v) is 10.2. The Morgan fingerprint density at radius 3 is 2.27 bits per heavy atom. The van der Waals surface area contributed by atoms with Crippen LogP contribution in [0.15, 0.2) is 0 Å². The highest BCUT2D eigenvalue weighted by Crippen LogP contribution is 2.14. The van der Waals surface area contributed by atoms with Gasteiger partial charge in [-0.1, -0.05) is 13.3 Å². The molecule has 0 aromatic rings. The van der Waals surface area contributed by atoms with Crippen molar-refractivity contribution < 1.29 is 13.5 Å². The van der Waals surface area contributed by atoms with Gasteiger partial charge in [0.2, 0.25) is 0 Å². The van der Waals surface area contributed by atoms with Crippen LogP contribution in [0.1, 0.15) is 40.5 Å². The fourth-order valence-electron chi connectivity index (χ4n) is 0.913. The highest BCUT2D eigenvalue weighted by atomic mass is 19.3. The number of hydrogen-bond acceptors (Lipinski definition) is 2. The first-order chi connectivity index (χ1) is 6.77. The topological polar surface area (TPSA) is 21.3 Å². The lowest BCUT2D eigenvalue weighted by atomic mass is 10.1. The van der Waals surface area contributed by atoms with Gasteiger partial charge in [0.15, 0.2) is 0 Å². The molecule has 1 N–H and O–H groups in total. The van der Waals surface area contributed by atoms with Gasteiger partial charge in [-0.05, 0) is 27.2 Å². The zero-order chi connectivity index (χ0) is 11.9. The van der Waals surface area contributed by atoms with Crippen molar-refractivity contribution in [3.05, 3.63) is 0 Å². The summed E-state index contributed by atoms with van der Waals surface area (Å²) in [4.78, 5) is 0. The molecule has 2 nitrogen and oxygen atoms in total. The van der Waals surface area contributed by atoms with Gasteiger partial charge in [-0.15, -0.1) is 0 Å². The molecule has 0 bridgehead atoms. The molecule has 0 saturated heterocycles. The van der Waals surface area contributed by atoms with E-state index in [1.165, 1.54) is 0 Å². The molecule has 0 amide bonds. The number of rotatable bonds is 7. The molecule has 4 heteroatoms. The monoisotopic (exact) mass is 223 g/mol. The molecule has 0 aromatic carbocycles. The van der Waals surface area contributed by atoms with Gasteiger partial charge in [0, 0.05) is 12.1 Å². The number of nitrogens with one attached hydrogen (secondary N) is 1. The van der Waals surface area contributed by atoms with Crippen LogP contribution in [-0.4, -0.2) is 31.2 Å². The van der Waals surface area contributed by atoms with E-state index < -0.39 is 12.5 Å². The van der Waals surface area contributed by atoms with Crippen molar-refractivity contribution in [2.45, 2.75) is 52.0 Å². The zero-order valence-electron chi connectivity index (χ0n) is 10.2. The predicted molar refractivity (Wildman–Crippen MR) is 58.4 cm³/mol. The normalized spacial score (nSPS) is 13.2. The third-order valence-corrected chi connectivity index (χ3v) is 1.83. The minimum Gasteiger partial charge on any atom is -0.375 e. The summed E-state index contributed by atoms with van der Waals surface area (Å²) in [7, 11) is 0. The average molecular weight is 223 g/mol. The largest absolute Gasteiger partial charge is 0.375 e. The molecule has 92 valence electrons. The second kappa shape index (κ2) is 6.38. The number of alkyl halides is 2. The number of ether oxygens (including phenoxy) is 1. The minimum absolute atomic E-state index is 0.285. The van der Waals surface area contributed by atoms with Gasteiger partial charge >= 0.3 is 0 Å². The van der Waals surface area contributed by atoms with Gasteiger partial charge in [-0.2, -0.15) is 0 Å². The summed E-state index contributed by atoms with van der Waals surface area (Å²) in [5, 5.41) is 2.77. The molecule has 0 fully saturated rings. The first-order valence-corrected chi connectivity index (χ1v) is 5.47. The third kappa shape index (κ3) is 10.1. The Morgan fingerprint density at radius 2 is 1.80 bits per heavy atom.